The van der Waals surface area contributed by atoms with Crippen LogP contribution in [-0.2, 0) is 0 Å². The number of amidine groups is 1. The number of nitrogens with zero attached hydrogens (tertiary/aromatic N) is 1. The fraction of sp³-hybridized carbons (Fsp3) is 0.533. The van der Waals surface area contributed by atoms with Crippen molar-refractivity contribution in [3.63, 3.8) is 0 Å². The summed E-state index contributed by atoms with van der Waals surface area (Å²) in [6.45, 7) is 8.26. The van der Waals surface area contributed by atoms with Crippen molar-refractivity contribution in [1.29, 1.82) is 5.41 Å². The van der Waals surface area contributed by atoms with Crippen LogP contribution in [0.3, 0.4) is 0 Å². The van der Waals surface area contributed by atoms with E-state index in [1.807, 2.05) is 19.9 Å². The van der Waals surface area contributed by atoms with Gasteiger partial charge in [0.15, 0.2) is 0 Å². The Labute approximate surface area is 111 Å². The van der Waals surface area contributed by atoms with Crippen molar-refractivity contribution < 1.29 is 0 Å². The Hall–Kier alpha value is -1.51. The summed E-state index contributed by atoms with van der Waals surface area (Å²) in [5.74, 6) is 0.283. The molecule has 0 saturated heterocycles. The van der Waals surface area contributed by atoms with Crippen LogP contribution in [0.15, 0.2) is 30.3 Å². The molecule has 3 heteroatoms. The van der Waals surface area contributed by atoms with Gasteiger partial charge < -0.3 is 10.6 Å². The number of hydrogen-bond donors (Lipinski definition) is 2. The van der Waals surface area contributed by atoms with E-state index in [2.05, 4.69) is 36.1 Å². The highest BCUT2D eigenvalue weighted by atomic mass is 15.1. The number of benzene rings is 1. The zero-order chi connectivity index (χ0) is 13.6. The zero-order valence-electron chi connectivity index (χ0n) is 11.7. The first-order chi connectivity index (χ1) is 8.47. The Balaban J connectivity index is 2.49. The maximum absolute atomic E-state index is 7.56. The lowest BCUT2D eigenvalue weighted by Crippen LogP contribution is -2.32. The van der Waals surface area contributed by atoms with Crippen molar-refractivity contribution in [2.24, 2.45) is 11.1 Å². The molecule has 3 N–H and O–H groups in total. The number of nitrogens with two attached hydrogens (primary N) is 1. The molecule has 0 heterocycles. The summed E-state index contributed by atoms with van der Waals surface area (Å²) in [7, 11) is 0. The average Bonchev–Trinajstić information content (AvgIpc) is 2.35. The number of hydrogen-bond acceptors (Lipinski definition) is 2. The minimum Gasteiger partial charge on any atom is -0.387 e. The maximum Gasteiger partial charge on any atom is 0.0963 e. The van der Waals surface area contributed by atoms with Gasteiger partial charge in [0, 0.05) is 24.2 Å². The average molecular weight is 247 g/mol. The van der Waals surface area contributed by atoms with Gasteiger partial charge in [0.1, 0.15) is 0 Å². The molecule has 0 aromatic heterocycles. The van der Waals surface area contributed by atoms with Gasteiger partial charge in [-0.1, -0.05) is 32.0 Å². The van der Waals surface area contributed by atoms with E-state index in [4.69, 9.17) is 11.1 Å². The summed E-state index contributed by atoms with van der Waals surface area (Å²) in [6.07, 6.45) is 2.00. The predicted octanol–water partition coefficient (Wildman–Crippen LogP) is 3.26. The molecule has 0 unspecified atom stereocenters. The molecule has 1 aromatic carbocycles. The molecule has 3 nitrogen and oxygen atoms in total. The van der Waals surface area contributed by atoms with E-state index in [1.54, 1.807) is 0 Å². The molecule has 0 saturated carbocycles. The minimum absolute atomic E-state index is 0.184. The number of rotatable bonds is 7. The first-order valence-electron chi connectivity index (χ1n) is 6.62. The molecule has 1 rings (SSSR count). The lowest BCUT2D eigenvalue weighted by Gasteiger charge is -2.27. The summed E-state index contributed by atoms with van der Waals surface area (Å²) in [6, 6.07) is 10.4. The van der Waals surface area contributed by atoms with Gasteiger partial charge in [0.2, 0.25) is 0 Å². The van der Waals surface area contributed by atoms with E-state index in [1.165, 1.54) is 5.69 Å². The fourth-order valence-corrected chi connectivity index (χ4v) is 1.96. The summed E-state index contributed by atoms with van der Waals surface area (Å²) in [5, 5.41) is 7.56. The monoisotopic (exact) mass is 247 g/mol. The van der Waals surface area contributed by atoms with E-state index >= 15 is 0 Å². The Morgan fingerprint density at radius 1 is 1.28 bits per heavy atom. The van der Waals surface area contributed by atoms with Crippen LogP contribution in [0.4, 0.5) is 5.69 Å². The highest BCUT2D eigenvalue weighted by Crippen LogP contribution is 2.23. The van der Waals surface area contributed by atoms with Gasteiger partial charge in [-0.3, -0.25) is 5.41 Å². The van der Waals surface area contributed by atoms with Gasteiger partial charge >= 0.3 is 0 Å². The van der Waals surface area contributed by atoms with Crippen LogP contribution >= 0.6 is 0 Å². The van der Waals surface area contributed by atoms with E-state index in [0.717, 1.165) is 25.9 Å². The molecule has 0 fully saturated rings. The molecule has 0 aliphatic rings. The van der Waals surface area contributed by atoms with E-state index < -0.39 is 0 Å². The third-order valence-corrected chi connectivity index (χ3v) is 3.46. The summed E-state index contributed by atoms with van der Waals surface area (Å²) < 4.78 is 0. The molecule has 0 bridgehead atoms. The second-order valence-electron chi connectivity index (χ2n) is 5.32. The van der Waals surface area contributed by atoms with Crippen LogP contribution < -0.4 is 10.6 Å². The Morgan fingerprint density at radius 2 is 1.89 bits per heavy atom. The van der Waals surface area contributed by atoms with E-state index in [-0.39, 0.29) is 11.3 Å². The Morgan fingerprint density at radius 3 is 2.39 bits per heavy atom. The molecular weight excluding hydrogens is 222 g/mol. The van der Waals surface area contributed by atoms with Crippen LogP contribution in [-0.4, -0.2) is 18.9 Å². The van der Waals surface area contributed by atoms with Crippen molar-refractivity contribution >= 4 is 11.5 Å². The minimum atomic E-state index is -0.184. The van der Waals surface area contributed by atoms with Crippen LogP contribution in [0.1, 0.15) is 33.6 Å². The molecule has 0 aliphatic carbocycles. The molecule has 0 atom stereocenters. The Bertz CT molecular complexity index is 371. The smallest absolute Gasteiger partial charge is 0.0963 e. The molecule has 100 valence electrons. The SMILES string of the molecule is CCN(CCCC(C)(C)C(=N)N)c1ccccc1. The molecular formula is C15H25N3. The largest absolute Gasteiger partial charge is 0.387 e. The molecule has 0 aliphatic heterocycles. The normalized spacial score (nSPS) is 11.3. The maximum atomic E-state index is 7.56. The molecule has 0 radical (unpaired) electrons. The molecule has 0 spiro atoms. The van der Waals surface area contributed by atoms with Crippen LogP contribution in [0.2, 0.25) is 0 Å². The quantitative estimate of drug-likeness (QED) is 0.574. The Kier molecular flexibility index (Phi) is 5.20. The van der Waals surface area contributed by atoms with Crippen LogP contribution in [0.25, 0.3) is 0 Å². The van der Waals surface area contributed by atoms with Gasteiger partial charge in [-0.25, -0.2) is 0 Å². The standard InChI is InChI=1S/C15H25N3/c1-4-18(13-9-6-5-7-10-13)12-8-11-15(2,3)14(16)17/h5-7,9-10H,4,8,11-12H2,1-3H3,(H3,16,17). The second kappa shape index (κ2) is 6.43. The number of anilines is 1. The second-order valence-corrected chi connectivity index (χ2v) is 5.32. The van der Waals surface area contributed by atoms with Crippen molar-refractivity contribution in [3.8, 4) is 0 Å². The van der Waals surface area contributed by atoms with E-state index in [0.29, 0.717) is 0 Å². The van der Waals surface area contributed by atoms with Crippen LogP contribution in [0, 0.1) is 10.8 Å². The van der Waals surface area contributed by atoms with Crippen molar-refractivity contribution in [2.45, 2.75) is 33.6 Å². The van der Waals surface area contributed by atoms with Crippen molar-refractivity contribution in [1.82, 2.24) is 0 Å². The third kappa shape index (κ3) is 4.06. The van der Waals surface area contributed by atoms with E-state index in [9.17, 15) is 0 Å². The van der Waals surface area contributed by atoms with Gasteiger partial charge in [-0.2, -0.15) is 0 Å². The highest BCUT2D eigenvalue weighted by Gasteiger charge is 2.21. The van der Waals surface area contributed by atoms with Crippen LogP contribution in [0.5, 0.6) is 0 Å². The molecule has 18 heavy (non-hydrogen) atoms. The first-order valence-corrected chi connectivity index (χ1v) is 6.62. The highest BCUT2D eigenvalue weighted by molar-refractivity contribution is 5.82. The lowest BCUT2D eigenvalue weighted by atomic mass is 9.86. The summed E-state index contributed by atoms with van der Waals surface area (Å²) in [4.78, 5) is 2.36. The molecule has 0 amide bonds. The topological polar surface area (TPSA) is 53.1 Å². The number of para-hydroxylation sites is 1. The number of nitrogens with one attached hydrogen (secondary N) is 1. The lowest BCUT2D eigenvalue weighted by molar-refractivity contribution is 0.450. The van der Waals surface area contributed by atoms with Gasteiger partial charge in [0.05, 0.1) is 5.84 Å². The van der Waals surface area contributed by atoms with Gasteiger partial charge in [-0.15, -0.1) is 0 Å². The molecule has 1 aromatic rings. The summed E-state index contributed by atoms with van der Waals surface area (Å²) >= 11 is 0. The van der Waals surface area contributed by atoms with Crippen molar-refractivity contribution in [3.05, 3.63) is 30.3 Å². The third-order valence-electron chi connectivity index (χ3n) is 3.46. The van der Waals surface area contributed by atoms with Gasteiger partial charge in [0.25, 0.3) is 0 Å². The van der Waals surface area contributed by atoms with Gasteiger partial charge in [-0.05, 0) is 31.9 Å². The van der Waals surface area contributed by atoms with Crippen molar-refractivity contribution in [2.75, 3.05) is 18.0 Å². The predicted molar refractivity (Wildman–Crippen MR) is 79.3 cm³/mol. The summed E-state index contributed by atoms with van der Waals surface area (Å²) in [5.41, 5.74) is 6.68. The zero-order valence-corrected chi connectivity index (χ0v) is 11.7. The fourth-order valence-electron chi connectivity index (χ4n) is 1.96. The first kappa shape index (κ1) is 14.6.